The lowest BCUT2D eigenvalue weighted by molar-refractivity contribution is 0.0941. The summed E-state index contributed by atoms with van der Waals surface area (Å²) in [7, 11) is 0. The molecule has 9 nitrogen and oxygen atoms in total. The number of hydrogen-bond donors (Lipinski definition) is 2. The van der Waals surface area contributed by atoms with Crippen LogP contribution in [0.2, 0.25) is 0 Å². The molecule has 5 aromatic rings. The number of nitrogens with zero attached hydrogens (tertiary/aromatic N) is 5. The maximum atomic E-state index is 13.6. The Bertz CT molecular complexity index is 1660. The number of anilines is 1. The highest BCUT2D eigenvalue weighted by Gasteiger charge is 2.23. The molecule has 1 amide bonds. The van der Waals surface area contributed by atoms with E-state index in [4.69, 9.17) is 5.73 Å². The first-order chi connectivity index (χ1) is 16.5. The van der Waals surface area contributed by atoms with Crippen LogP contribution in [0.4, 0.5) is 5.82 Å². The second kappa shape index (κ2) is 8.18. The maximum Gasteiger partial charge on any atom is 0.264 e. The largest absolute Gasteiger partial charge is 0.381 e. The first-order valence-electron chi connectivity index (χ1n) is 10.5. The fourth-order valence-electron chi connectivity index (χ4n) is 4.10. The molecule has 9 heteroatoms. The Hall–Kier alpha value is -4.97. The second-order valence-corrected chi connectivity index (χ2v) is 7.77. The predicted molar refractivity (Wildman–Crippen MR) is 128 cm³/mol. The molecule has 1 atom stereocenters. The molecule has 3 heterocycles. The molecule has 0 fully saturated rings. The molecule has 0 saturated carbocycles. The van der Waals surface area contributed by atoms with Crippen molar-refractivity contribution in [3.63, 3.8) is 0 Å². The van der Waals surface area contributed by atoms with Gasteiger partial charge in [-0.05, 0) is 42.6 Å². The van der Waals surface area contributed by atoms with E-state index < -0.39 is 11.9 Å². The summed E-state index contributed by atoms with van der Waals surface area (Å²) in [4.78, 5) is 31.1. The van der Waals surface area contributed by atoms with Crippen LogP contribution >= 0.6 is 0 Å². The standard InChI is InChI=1S/C25H19N7O2/c1-15(29-24(33)21-22(27)30-31-12-6-11-28-23(21)31)19-13-16-7-5-8-17(14-26)20(16)25(34)32(19)18-9-3-2-4-10-18/h2-13,15H,1H3,(H2,27,30)(H,29,33)/t15-/m0/s1. The van der Waals surface area contributed by atoms with Crippen molar-refractivity contribution < 1.29 is 4.79 Å². The molecule has 3 aromatic heterocycles. The number of nitrogens with two attached hydrogens (primary N) is 1. The van der Waals surface area contributed by atoms with Crippen molar-refractivity contribution in [2.45, 2.75) is 13.0 Å². The van der Waals surface area contributed by atoms with Gasteiger partial charge in [0.15, 0.2) is 11.5 Å². The number of benzene rings is 2. The monoisotopic (exact) mass is 449 g/mol. The van der Waals surface area contributed by atoms with Crippen LogP contribution < -0.4 is 16.6 Å². The van der Waals surface area contributed by atoms with Crippen LogP contribution in [0.1, 0.15) is 34.6 Å². The number of aromatic nitrogens is 4. The summed E-state index contributed by atoms with van der Waals surface area (Å²) in [5.41, 5.74) is 7.62. The van der Waals surface area contributed by atoms with Gasteiger partial charge in [-0.25, -0.2) is 9.50 Å². The number of pyridine rings is 1. The normalized spacial score (nSPS) is 11.9. The number of nitriles is 1. The topological polar surface area (TPSA) is 131 Å². The number of nitrogens with one attached hydrogen (secondary N) is 1. The van der Waals surface area contributed by atoms with Crippen molar-refractivity contribution in [3.05, 3.63) is 100 Å². The Kier molecular flexibility index (Phi) is 5.03. The predicted octanol–water partition coefficient (Wildman–Crippen LogP) is 2.98. The lowest BCUT2D eigenvalue weighted by Crippen LogP contribution is -2.32. The molecule has 0 aliphatic heterocycles. The Morgan fingerprint density at radius 1 is 1.15 bits per heavy atom. The third-order valence-corrected chi connectivity index (χ3v) is 5.65. The maximum absolute atomic E-state index is 13.6. The molecule has 0 unspecified atom stereocenters. The third-order valence-electron chi connectivity index (χ3n) is 5.65. The van der Waals surface area contributed by atoms with Gasteiger partial charge in [-0.1, -0.05) is 30.3 Å². The number of fused-ring (bicyclic) bond motifs is 2. The van der Waals surface area contributed by atoms with E-state index in [0.29, 0.717) is 33.4 Å². The van der Waals surface area contributed by atoms with Gasteiger partial charge in [0.25, 0.3) is 11.5 Å². The molecule has 0 bridgehead atoms. The molecule has 0 aliphatic carbocycles. The molecule has 3 N–H and O–H groups in total. The van der Waals surface area contributed by atoms with E-state index in [-0.39, 0.29) is 16.9 Å². The molecule has 0 radical (unpaired) electrons. The number of nitrogen functional groups attached to an aromatic ring is 1. The summed E-state index contributed by atoms with van der Waals surface area (Å²) >= 11 is 0. The van der Waals surface area contributed by atoms with E-state index in [2.05, 4.69) is 21.5 Å². The summed E-state index contributed by atoms with van der Waals surface area (Å²) in [6, 6.07) is 19.2. The molecule has 5 rings (SSSR count). The summed E-state index contributed by atoms with van der Waals surface area (Å²) in [5, 5.41) is 17.6. The van der Waals surface area contributed by atoms with Gasteiger partial charge in [-0.2, -0.15) is 5.26 Å². The Morgan fingerprint density at radius 2 is 1.94 bits per heavy atom. The molecule has 0 spiro atoms. The van der Waals surface area contributed by atoms with Crippen molar-refractivity contribution in [1.82, 2.24) is 24.5 Å². The van der Waals surface area contributed by atoms with E-state index in [9.17, 15) is 14.9 Å². The van der Waals surface area contributed by atoms with Crippen LogP contribution in [0.3, 0.4) is 0 Å². The SMILES string of the molecule is C[C@H](NC(=O)c1c(N)nn2cccnc12)c1cc2cccc(C#N)c2c(=O)n1-c1ccccc1. The summed E-state index contributed by atoms with van der Waals surface area (Å²) in [5.74, 6) is -0.405. The summed E-state index contributed by atoms with van der Waals surface area (Å²) < 4.78 is 2.96. The van der Waals surface area contributed by atoms with Crippen LogP contribution in [-0.4, -0.2) is 25.1 Å². The van der Waals surface area contributed by atoms with E-state index >= 15 is 0 Å². The number of hydrogen-bond acceptors (Lipinski definition) is 6. The van der Waals surface area contributed by atoms with Gasteiger partial charge >= 0.3 is 0 Å². The average Bonchev–Trinajstić information content (AvgIpc) is 3.19. The second-order valence-electron chi connectivity index (χ2n) is 7.77. The quantitative estimate of drug-likeness (QED) is 0.434. The number of rotatable bonds is 4. The van der Waals surface area contributed by atoms with Crippen LogP contribution in [-0.2, 0) is 0 Å². The molecule has 34 heavy (non-hydrogen) atoms. The van der Waals surface area contributed by atoms with Crippen molar-refractivity contribution in [1.29, 1.82) is 5.26 Å². The highest BCUT2D eigenvalue weighted by molar-refractivity contribution is 6.04. The van der Waals surface area contributed by atoms with E-state index in [1.165, 1.54) is 9.08 Å². The number of carbonyl (C=O) groups is 1. The molecular weight excluding hydrogens is 430 g/mol. The molecule has 0 saturated heterocycles. The third kappa shape index (κ3) is 3.34. The first kappa shape index (κ1) is 20.9. The number of amides is 1. The van der Waals surface area contributed by atoms with Crippen molar-refractivity contribution in [3.8, 4) is 11.8 Å². The van der Waals surface area contributed by atoms with Crippen LogP contribution in [0.15, 0.2) is 77.9 Å². The number of para-hydroxylation sites is 1. The average molecular weight is 449 g/mol. The van der Waals surface area contributed by atoms with Crippen LogP contribution in [0.5, 0.6) is 0 Å². The lowest BCUT2D eigenvalue weighted by Gasteiger charge is -2.21. The fraction of sp³-hybridized carbons (Fsp3) is 0.0800. The minimum absolute atomic E-state index is 0.0565. The van der Waals surface area contributed by atoms with E-state index in [1.54, 1.807) is 55.7 Å². The fourth-order valence-corrected chi connectivity index (χ4v) is 4.10. The van der Waals surface area contributed by atoms with Crippen molar-refractivity contribution in [2.75, 3.05) is 5.73 Å². The van der Waals surface area contributed by atoms with Gasteiger partial charge in [-0.3, -0.25) is 14.2 Å². The van der Waals surface area contributed by atoms with Gasteiger partial charge in [0.05, 0.1) is 23.1 Å². The minimum atomic E-state index is -0.589. The molecule has 166 valence electrons. The number of carbonyl (C=O) groups excluding carboxylic acids is 1. The molecular formula is C25H19N7O2. The zero-order valence-corrected chi connectivity index (χ0v) is 18.1. The van der Waals surface area contributed by atoms with Crippen LogP contribution in [0, 0.1) is 11.3 Å². The van der Waals surface area contributed by atoms with Gasteiger partial charge < -0.3 is 11.1 Å². The summed E-state index contributed by atoms with van der Waals surface area (Å²) in [6.45, 7) is 1.78. The van der Waals surface area contributed by atoms with Crippen molar-refractivity contribution in [2.24, 2.45) is 0 Å². The Labute approximate surface area is 193 Å². The highest BCUT2D eigenvalue weighted by atomic mass is 16.2. The highest BCUT2D eigenvalue weighted by Crippen LogP contribution is 2.24. The van der Waals surface area contributed by atoms with Gasteiger partial charge in [0, 0.05) is 23.8 Å². The minimum Gasteiger partial charge on any atom is -0.381 e. The van der Waals surface area contributed by atoms with Gasteiger partial charge in [0.1, 0.15) is 5.56 Å². The summed E-state index contributed by atoms with van der Waals surface area (Å²) in [6.07, 6.45) is 3.21. The molecule has 2 aromatic carbocycles. The van der Waals surface area contributed by atoms with Crippen molar-refractivity contribution >= 4 is 28.1 Å². The van der Waals surface area contributed by atoms with Gasteiger partial charge in [0.2, 0.25) is 0 Å². The van der Waals surface area contributed by atoms with E-state index in [0.717, 1.165) is 0 Å². The zero-order valence-electron chi connectivity index (χ0n) is 18.1. The zero-order chi connectivity index (χ0) is 23.8. The van der Waals surface area contributed by atoms with Gasteiger partial charge in [-0.15, -0.1) is 5.10 Å². The van der Waals surface area contributed by atoms with E-state index in [1.807, 2.05) is 24.3 Å². The smallest absolute Gasteiger partial charge is 0.264 e. The Balaban J connectivity index is 1.65. The first-order valence-corrected chi connectivity index (χ1v) is 10.5. The molecule has 0 aliphatic rings. The van der Waals surface area contributed by atoms with Crippen LogP contribution in [0.25, 0.3) is 22.1 Å². The lowest BCUT2D eigenvalue weighted by atomic mass is 10.0. The Morgan fingerprint density at radius 3 is 2.71 bits per heavy atom.